The van der Waals surface area contributed by atoms with Gasteiger partial charge >= 0.3 is 5.97 Å². The average molecular weight is 184 g/mol. The third kappa shape index (κ3) is 2.05. The summed E-state index contributed by atoms with van der Waals surface area (Å²) in [7, 11) is 0. The molecule has 0 aliphatic rings. The lowest BCUT2D eigenvalue weighted by atomic mass is 10.4. The van der Waals surface area contributed by atoms with Gasteiger partial charge in [-0.15, -0.1) is 0 Å². The van der Waals surface area contributed by atoms with Gasteiger partial charge in [0, 0.05) is 6.07 Å². The predicted molar refractivity (Wildman–Crippen MR) is 43.4 cm³/mol. The molecule has 1 aromatic rings. The second-order valence-electron chi connectivity index (χ2n) is 2.25. The van der Waals surface area contributed by atoms with Gasteiger partial charge in [0.2, 0.25) is 0 Å². The molecule has 1 aromatic heterocycles. The summed E-state index contributed by atoms with van der Waals surface area (Å²) in [5.41, 5.74) is -0.0587. The zero-order valence-electron chi connectivity index (χ0n) is 6.94. The van der Waals surface area contributed by atoms with Gasteiger partial charge in [-0.2, -0.15) is 0 Å². The first-order valence-electron chi connectivity index (χ1n) is 3.65. The third-order valence-electron chi connectivity index (χ3n) is 1.37. The molecule has 0 amide bonds. The van der Waals surface area contributed by atoms with Crippen molar-refractivity contribution in [2.75, 3.05) is 6.61 Å². The van der Waals surface area contributed by atoms with Crippen molar-refractivity contribution in [3.05, 3.63) is 28.1 Å². The monoisotopic (exact) mass is 184 g/mol. The summed E-state index contributed by atoms with van der Waals surface area (Å²) in [6.45, 7) is 1.90. The molecule has 0 aliphatic carbocycles. The predicted octanol–water partition coefficient (Wildman–Crippen LogP) is 1.10. The van der Waals surface area contributed by atoms with Gasteiger partial charge in [0.25, 0.3) is 5.69 Å². The van der Waals surface area contributed by atoms with Crippen LogP contribution in [0.4, 0.5) is 5.69 Å². The van der Waals surface area contributed by atoms with Gasteiger partial charge in [-0.05, 0) is 6.92 Å². The van der Waals surface area contributed by atoms with E-state index in [4.69, 9.17) is 0 Å². The SMILES string of the molecule is CCOC(=O)c1cc([N+](=O)[O-])c[nH]1. The van der Waals surface area contributed by atoms with Gasteiger partial charge in [-0.3, -0.25) is 10.1 Å². The smallest absolute Gasteiger partial charge is 0.354 e. The molecule has 6 heteroatoms. The number of rotatable bonds is 3. The molecule has 0 atom stereocenters. The minimum absolute atomic E-state index is 0.0913. The maximum absolute atomic E-state index is 11.0. The Bertz CT molecular complexity index is 331. The van der Waals surface area contributed by atoms with E-state index in [1.165, 1.54) is 0 Å². The number of aromatic nitrogens is 1. The molecule has 0 bridgehead atoms. The van der Waals surface area contributed by atoms with Crippen molar-refractivity contribution < 1.29 is 14.5 Å². The van der Waals surface area contributed by atoms with E-state index in [2.05, 4.69) is 9.72 Å². The van der Waals surface area contributed by atoms with E-state index in [0.717, 1.165) is 12.3 Å². The largest absolute Gasteiger partial charge is 0.461 e. The van der Waals surface area contributed by atoms with Crippen LogP contribution in [0.25, 0.3) is 0 Å². The second kappa shape index (κ2) is 3.70. The molecule has 0 radical (unpaired) electrons. The number of esters is 1. The van der Waals surface area contributed by atoms with Crippen molar-refractivity contribution in [2.45, 2.75) is 6.92 Å². The zero-order valence-corrected chi connectivity index (χ0v) is 6.94. The second-order valence-corrected chi connectivity index (χ2v) is 2.25. The van der Waals surface area contributed by atoms with E-state index in [1.54, 1.807) is 6.92 Å². The Morgan fingerprint density at radius 3 is 2.92 bits per heavy atom. The highest BCUT2D eigenvalue weighted by Crippen LogP contribution is 2.12. The number of hydrogen-bond donors (Lipinski definition) is 1. The number of hydrogen-bond acceptors (Lipinski definition) is 4. The molecule has 1 rings (SSSR count). The average Bonchev–Trinajstić information content (AvgIpc) is 2.52. The summed E-state index contributed by atoms with van der Waals surface area (Å²) in [6.07, 6.45) is 1.15. The van der Waals surface area contributed by atoms with Crippen LogP contribution >= 0.6 is 0 Å². The summed E-state index contributed by atoms with van der Waals surface area (Å²) < 4.78 is 4.63. The van der Waals surface area contributed by atoms with E-state index in [9.17, 15) is 14.9 Å². The summed E-state index contributed by atoms with van der Waals surface area (Å²) in [5.74, 6) is -0.587. The van der Waals surface area contributed by atoms with Crippen LogP contribution in [-0.4, -0.2) is 22.5 Å². The fraction of sp³-hybridized carbons (Fsp3) is 0.286. The number of nitrogens with one attached hydrogen (secondary N) is 1. The molecule has 0 saturated heterocycles. The molecular weight excluding hydrogens is 176 g/mol. The van der Waals surface area contributed by atoms with E-state index in [-0.39, 0.29) is 18.0 Å². The van der Waals surface area contributed by atoms with E-state index in [0.29, 0.717) is 0 Å². The summed E-state index contributed by atoms with van der Waals surface area (Å²) in [6, 6.07) is 1.14. The maximum atomic E-state index is 11.0. The Hall–Kier alpha value is -1.85. The van der Waals surface area contributed by atoms with Gasteiger partial charge in [-0.1, -0.05) is 0 Å². The molecule has 1 N–H and O–H groups in total. The third-order valence-corrected chi connectivity index (χ3v) is 1.37. The maximum Gasteiger partial charge on any atom is 0.354 e. The lowest BCUT2D eigenvalue weighted by Gasteiger charge is -1.96. The number of nitrogens with zero attached hydrogens (tertiary/aromatic N) is 1. The number of H-pyrrole nitrogens is 1. The lowest BCUT2D eigenvalue weighted by molar-refractivity contribution is -0.384. The highest BCUT2D eigenvalue weighted by atomic mass is 16.6. The fourth-order valence-corrected chi connectivity index (χ4v) is 0.815. The topological polar surface area (TPSA) is 85.2 Å². The molecule has 13 heavy (non-hydrogen) atoms. The molecule has 0 fully saturated rings. The molecule has 0 aliphatic heterocycles. The Morgan fingerprint density at radius 1 is 1.77 bits per heavy atom. The Morgan fingerprint density at radius 2 is 2.46 bits per heavy atom. The Labute approximate surface area is 73.7 Å². The van der Waals surface area contributed by atoms with Crippen LogP contribution in [0.1, 0.15) is 17.4 Å². The van der Waals surface area contributed by atoms with Crippen molar-refractivity contribution in [2.24, 2.45) is 0 Å². The highest BCUT2D eigenvalue weighted by molar-refractivity contribution is 5.88. The summed E-state index contributed by atoms with van der Waals surface area (Å²) in [4.78, 5) is 23.1. The highest BCUT2D eigenvalue weighted by Gasteiger charge is 2.14. The van der Waals surface area contributed by atoms with Crippen LogP contribution in [0.2, 0.25) is 0 Å². The first-order chi connectivity index (χ1) is 6.15. The van der Waals surface area contributed by atoms with Gasteiger partial charge < -0.3 is 9.72 Å². The fourth-order valence-electron chi connectivity index (χ4n) is 0.815. The first kappa shape index (κ1) is 9.24. The molecule has 0 spiro atoms. The van der Waals surface area contributed by atoms with Gasteiger partial charge in [0.1, 0.15) is 5.69 Å². The van der Waals surface area contributed by atoms with Crippen molar-refractivity contribution in [3.63, 3.8) is 0 Å². The van der Waals surface area contributed by atoms with Crippen molar-refractivity contribution in [1.29, 1.82) is 0 Å². The molecule has 6 nitrogen and oxygen atoms in total. The number of aromatic amines is 1. The number of nitro groups is 1. The summed E-state index contributed by atoms with van der Waals surface area (Å²) >= 11 is 0. The summed E-state index contributed by atoms with van der Waals surface area (Å²) in [5, 5.41) is 10.2. The molecular formula is C7H8N2O4. The van der Waals surface area contributed by atoms with Gasteiger partial charge in [-0.25, -0.2) is 4.79 Å². The van der Waals surface area contributed by atoms with Crippen LogP contribution < -0.4 is 0 Å². The van der Waals surface area contributed by atoms with E-state index >= 15 is 0 Å². The first-order valence-corrected chi connectivity index (χ1v) is 3.65. The van der Waals surface area contributed by atoms with E-state index < -0.39 is 10.9 Å². The van der Waals surface area contributed by atoms with Crippen molar-refractivity contribution in [1.82, 2.24) is 4.98 Å². The van der Waals surface area contributed by atoms with Crippen LogP contribution in [0.15, 0.2) is 12.3 Å². The lowest BCUT2D eigenvalue weighted by Crippen LogP contribution is -2.04. The number of carbonyl (C=O) groups excluding carboxylic acids is 1. The Kier molecular flexibility index (Phi) is 2.63. The molecule has 0 aromatic carbocycles. The van der Waals surface area contributed by atoms with E-state index in [1.807, 2.05) is 0 Å². The molecule has 70 valence electrons. The van der Waals surface area contributed by atoms with Gasteiger partial charge in [0.15, 0.2) is 0 Å². The molecule has 1 heterocycles. The van der Waals surface area contributed by atoms with Crippen molar-refractivity contribution in [3.8, 4) is 0 Å². The number of carbonyl (C=O) groups is 1. The minimum Gasteiger partial charge on any atom is -0.461 e. The standard InChI is InChI=1S/C7H8N2O4/c1-2-13-7(10)6-3-5(4-8-6)9(11)12/h3-4,8H,2H2,1H3. The molecule has 0 saturated carbocycles. The Balaban J connectivity index is 2.79. The zero-order chi connectivity index (χ0) is 9.84. The van der Waals surface area contributed by atoms with Crippen LogP contribution in [0.5, 0.6) is 0 Å². The molecule has 0 unspecified atom stereocenters. The van der Waals surface area contributed by atoms with Crippen LogP contribution in [-0.2, 0) is 4.74 Å². The quantitative estimate of drug-likeness (QED) is 0.433. The van der Waals surface area contributed by atoms with Crippen LogP contribution in [0, 0.1) is 10.1 Å². The number of ether oxygens (including phenoxy) is 1. The van der Waals surface area contributed by atoms with Crippen LogP contribution in [0.3, 0.4) is 0 Å². The normalized spacial score (nSPS) is 9.62. The van der Waals surface area contributed by atoms with Gasteiger partial charge in [0.05, 0.1) is 17.7 Å². The minimum atomic E-state index is -0.587. The van der Waals surface area contributed by atoms with Crippen molar-refractivity contribution >= 4 is 11.7 Å².